The molecule has 0 aliphatic rings. The molecule has 5 heteroatoms. The van der Waals surface area contributed by atoms with E-state index in [1.165, 1.54) is 0 Å². The van der Waals surface area contributed by atoms with E-state index in [1.54, 1.807) is 0 Å². The fourth-order valence-corrected chi connectivity index (χ4v) is 2.10. The molecule has 0 aliphatic carbocycles. The highest BCUT2D eigenvalue weighted by Gasteiger charge is 2.12. The molecule has 0 radical (unpaired) electrons. The van der Waals surface area contributed by atoms with Crippen LogP contribution in [0, 0.1) is 6.92 Å². The van der Waals surface area contributed by atoms with E-state index in [4.69, 9.17) is 5.11 Å². The molecule has 0 unspecified atom stereocenters. The Labute approximate surface area is 128 Å². The minimum atomic E-state index is 0.294. The molecular weight excluding hydrogens is 264 g/mol. The molecule has 0 saturated heterocycles. The number of unbranched alkanes of at least 4 members (excludes halogenated alkanes) is 3. The van der Waals surface area contributed by atoms with Crippen molar-refractivity contribution in [2.45, 2.75) is 59.3 Å². The summed E-state index contributed by atoms with van der Waals surface area (Å²) in [5.74, 6) is 3.05. The molecule has 0 aliphatic heterocycles. The first kappa shape index (κ1) is 17.7. The first-order valence-corrected chi connectivity index (χ1v) is 8.07. The zero-order chi connectivity index (χ0) is 15.7. The third kappa shape index (κ3) is 5.87. The molecule has 0 spiro atoms. The Balaban J connectivity index is 2.66. The van der Waals surface area contributed by atoms with Crippen molar-refractivity contribution in [2.24, 2.45) is 0 Å². The van der Waals surface area contributed by atoms with Gasteiger partial charge in [-0.1, -0.05) is 26.7 Å². The fourth-order valence-electron chi connectivity index (χ4n) is 2.10. The summed E-state index contributed by atoms with van der Waals surface area (Å²) in [5.41, 5.74) is 1.08. The molecule has 3 N–H and O–H groups in total. The Morgan fingerprint density at radius 2 is 1.62 bits per heavy atom. The van der Waals surface area contributed by atoms with E-state index in [1.807, 2.05) is 0 Å². The van der Waals surface area contributed by atoms with Gasteiger partial charge in [0.25, 0.3) is 0 Å². The highest BCUT2D eigenvalue weighted by atomic mass is 16.2. The Kier molecular flexibility index (Phi) is 8.05. The smallest absolute Gasteiger partial charge is 0.135 e. The number of hydrogen-bond donors (Lipinski definition) is 3. The second-order valence-electron chi connectivity index (χ2n) is 5.65. The lowest BCUT2D eigenvalue weighted by atomic mass is 10.2. The summed E-state index contributed by atoms with van der Waals surface area (Å²) in [5, 5.41) is 15.5. The van der Waals surface area contributed by atoms with Crippen molar-refractivity contribution in [3.63, 3.8) is 0 Å². The Morgan fingerprint density at radius 3 is 2.19 bits per heavy atom. The molecule has 1 rings (SSSR count). The van der Waals surface area contributed by atoms with Gasteiger partial charge in [-0.2, -0.15) is 0 Å². The minimum absolute atomic E-state index is 0.294. The number of rotatable bonds is 10. The summed E-state index contributed by atoms with van der Waals surface area (Å²) in [6.45, 7) is 10.4. The average Bonchev–Trinajstić information content (AvgIpc) is 2.46. The molecule has 0 aromatic carbocycles. The van der Waals surface area contributed by atoms with Gasteiger partial charge in [-0.05, 0) is 26.7 Å². The third-order valence-corrected chi connectivity index (χ3v) is 3.40. The molecule has 1 heterocycles. The van der Waals surface area contributed by atoms with Gasteiger partial charge in [0, 0.05) is 31.2 Å². The minimum Gasteiger partial charge on any atom is -0.396 e. The Morgan fingerprint density at radius 1 is 1.00 bits per heavy atom. The second-order valence-corrected chi connectivity index (χ2v) is 5.65. The molecule has 1 aromatic heterocycles. The van der Waals surface area contributed by atoms with Crippen LogP contribution in [0.1, 0.15) is 63.8 Å². The van der Waals surface area contributed by atoms with Gasteiger partial charge in [0.1, 0.15) is 17.5 Å². The van der Waals surface area contributed by atoms with Crippen LogP contribution in [-0.4, -0.2) is 34.8 Å². The number of aromatic nitrogens is 2. The Bertz CT molecular complexity index is 421. The van der Waals surface area contributed by atoms with Gasteiger partial charge >= 0.3 is 0 Å². The van der Waals surface area contributed by atoms with E-state index in [-0.39, 0.29) is 0 Å². The van der Waals surface area contributed by atoms with Gasteiger partial charge in [0.2, 0.25) is 0 Å². The molecule has 5 nitrogen and oxygen atoms in total. The summed E-state index contributed by atoms with van der Waals surface area (Å²) in [6.07, 6.45) is 4.21. The first-order chi connectivity index (χ1) is 10.1. The SMILES string of the molecule is CCNc1nc(C(C)C)nc(NCCCCCCO)c1C. The van der Waals surface area contributed by atoms with Gasteiger partial charge < -0.3 is 15.7 Å². The monoisotopic (exact) mass is 294 g/mol. The van der Waals surface area contributed by atoms with Crippen molar-refractivity contribution in [1.29, 1.82) is 0 Å². The maximum atomic E-state index is 8.76. The van der Waals surface area contributed by atoms with E-state index in [2.05, 4.69) is 48.3 Å². The molecule has 21 heavy (non-hydrogen) atoms. The van der Waals surface area contributed by atoms with Crippen LogP contribution < -0.4 is 10.6 Å². The predicted octanol–water partition coefficient (Wildman–Crippen LogP) is 3.30. The van der Waals surface area contributed by atoms with E-state index in [9.17, 15) is 0 Å². The van der Waals surface area contributed by atoms with Crippen molar-refractivity contribution in [2.75, 3.05) is 30.3 Å². The van der Waals surface area contributed by atoms with Crippen LogP contribution >= 0.6 is 0 Å². The van der Waals surface area contributed by atoms with E-state index in [0.717, 1.165) is 61.8 Å². The maximum Gasteiger partial charge on any atom is 0.135 e. The zero-order valence-electron chi connectivity index (χ0n) is 13.9. The van der Waals surface area contributed by atoms with Crippen LogP contribution in [0.25, 0.3) is 0 Å². The molecule has 0 bridgehead atoms. The number of aliphatic hydroxyl groups is 1. The average molecular weight is 294 g/mol. The molecular formula is C16H30N4O. The van der Waals surface area contributed by atoms with Gasteiger partial charge in [0.05, 0.1) is 0 Å². The lowest BCUT2D eigenvalue weighted by Crippen LogP contribution is -2.12. The van der Waals surface area contributed by atoms with Gasteiger partial charge in [-0.3, -0.25) is 0 Å². The van der Waals surface area contributed by atoms with Gasteiger partial charge in [0.15, 0.2) is 0 Å². The highest BCUT2D eigenvalue weighted by Crippen LogP contribution is 2.23. The van der Waals surface area contributed by atoms with Crippen LogP contribution in [0.4, 0.5) is 11.6 Å². The molecule has 0 atom stereocenters. The van der Waals surface area contributed by atoms with Crippen LogP contribution in [0.3, 0.4) is 0 Å². The summed E-state index contributed by atoms with van der Waals surface area (Å²) >= 11 is 0. The number of nitrogens with zero attached hydrogens (tertiary/aromatic N) is 2. The highest BCUT2D eigenvalue weighted by molar-refractivity contribution is 5.57. The number of hydrogen-bond acceptors (Lipinski definition) is 5. The number of aliphatic hydroxyl groups excluding tert-OH is 1. The summed E-state index contributed by atoms with van der Waals surface area (Å²) < 4.78 is 0. The number of nitrogens with one attached hydrogen (secondary N) is 2. The first-order valence-electron chi connectivity index (χ1n) is 8.07. The topological polar surface area (TPSA) is 70.1 Å². The van der Waals surface area contributed by atoms with Crippen molar-refractivity contribution >= 4 is 11.6 Å². The van der Waals surface area contributed by atoms with Crippen molar-refractivity contribution in [3.8, 4) is 0 Å². The largest absolute Gasteiger partial charge is 0.396 e. The fraction of sp³-hybridized carbons (Fsp3) is 0.750. The van der Waals surface area contributed by atoms with E-state index >= 15 is 0 Å². The van der Waals surface area contributed by atoms with Crippen molar-refractivity contribution < 1.29 is 5.11 Å². The van der Waals surface area contributed by atoms with E-state index < -0.39 is 0 Å². The lowest BCUT2D eigenvalue weighted by molar-refractivity contribution is 0.283. The van der Waals surface area contributed by atoms with Crippen molar-refractivity contribution in [3.05, 3.63) is 11.4 Å². The van der Waals surface area contributed by atoms with Crippen LogP contribution in [0.2, 0.25) is 0 Å². The summed E-state index contributed by atoms with van der Waals surface area (Å²) in [6, 6.07) is 0. The normalized spacial score (nSPS) is 11.0. The summed E-state index contributed by atoms with van der Waals surface area (Å²) in [7, 11) is 0. The Hall–Kier alpha value is -1.36. The van der Waals surface area contributed by atoms with Crippen LogP contribution in [0.5, 0.6) is 0 Å². The third-order valence-electron chi connectivity index (χ3n) is 3.40. The molecule has 0 saturated carbocycles. The predicted molar refractivity (Wildman–Crippen MR) is 89.1 cm³/mol. The zero-order valence-corrected chi connectivity index (χ0v) is 13.9. The number of anilines is 2. The maximum absolute atomic E-state index is 8.76. The van der Waals surface area contributed by atoms with Gasteiger partial charge in [-0.15, -0.1) is 0 Å². The molecule has 120 valence electrons. The van der Waals surface area contributed by atoms with Crippen LogP contribution in [-0.2, 0) is 0 Å². The molecule has 0 fully saturated rings. The van der Waals surface area contributed by atoms with Gasteiger partial charge in [-0.25, -0.2) is 9.97 Å². The second kappa shape index (κ2) is 9.55. The standard InChI is InChI=1S/C16H30N4O/c1-5-17-15-13(4)16(20-14(19-15)12(2)3)18-10-8-6-7-9-11-21/h12,21H,5-11H2,1-4H3,(H2,17,18,19,20). The molecule has 1 aromatic rings. The lowest BCUT2D eigenvalue weighted by Gasteiger charge is -2.16. The van der Waals surface area contributed by atoms with Crippen LogP contribution in [0.15, 0.2) is 0 Å². The van der Waals surface area contributed by atoms with Crippen molar-refractivity contribution in [1.82, 2.24) is 9.97 Å². The quantitative estimate of drug-likeness (QED) is 0.578. The molecule has 0 amide bonds. The van der Waals surface area contributed by atoms with E-state index in [0.29, 0.717) is 12.5 Å². The summed E-state index contributed by atoms with van der Waals surface area (Å²) in [4.78, 5) is 9.25.